The summed E-state index contributed by atoms with van der Waals surface area (Å²) in [6, 6.07) is 4.41. The van der Waals surface area contributed by atoms with Crippen LogP contribution in [0.25, 0.3) is 0 Å². The van der Waals surface area contributed by atoms with Crippen molar-refractivity contribution in [3.63, 3.8) is 0 Å². The van der Waals surface area contributed by atoms with Crippen molar-refractivity contribution in [2.45, 2.75) is 169 Å². The van der Waals surface area contributed by atoms with E-state index in [2.05, 4.69) is 13.8 Å². The summed E-state index contributed by atoms with van der Waals surface area (Å²) in [6.45, 7) is 12.5. The number of carbonyl (C=O) groups is 1. The smallest absolute Gasteiger partial charge is 0.161 e. The van der Waals surface area contributed by atoms with Crippen molar-refractivity contribution in [2.75, 3.05) is 33.5 Å². The molecule has 0 atom stereocenters. The molecule has 0 unspecified atom stereocenters. The lowest BCUT2D eigenvalue weighted by atomic mass is 10.1. The summed E-state index contributed by atoms with van der Waals surface area (Å²) in [5, 5.41) is 26.2. The molecule has 0 fully saturated rings. The van der Waals surface area contributed by atoms with Crippen molar-refractivity contribution in [3.8, 4) is 11.5 Å². The molecule has 1 aromatic rings. The van der Waals surface area contributed by atoms with Crippen molar-refractivity contribution in [2.24, 2.45) is 0 Å². The van der Waals surface area contributed by atoms with E-state index in [0.29, 0.717) is 30.8 Å². The Morgan fingerprint density at radius 1 is 0.622 bits per heavy atom. The van der Waals surface area contributed by atoms with Gasteiger partial charge in [0.25, 0.3) is 0 Å². The molecule has 0 saturated heterocycles. The Hall–Kier alpha value is -1.67. The molecule has 0 bridgehead atoms. The van der Waals surface area contributed by atoms with E-state index in [0.717, 1.165) is 26.1 Å². The molecular formula is C38H74O7. The van der Waals surface area contributed by atoms with Crippen LogP contribution in [-0.2, 0) is 9.47 Å². The fourth-order valence-electron chi connectivity index (χ4n) is 4.48. The molecule has 0 aliphatic rings. The Balaban J connectivity index is -0.000000530. The van der Waals surface area contributed by atoms with Gasteiger partial charge in [-0.15, -0.1) is 0 Å². The second-order valence-electron chi connectivity index (χ2n) is 11.3. The quantitative estimate of drug-likeness (QED) is 0.0524. The normalized spacial score (nSPS) is 10.2. The Labute approximate surface area is 278 Å². The van der Waals surface area contributed by atoms with E-state index >= 15 is 0 Å². The highest BCUT2D eigenvalue weighted by Gasteiger charge is 2.00. The van der Waals surface area contributed by atoms with Crippen molar-refractivity contribution in [1.82, 2.24) is 0 Å². The fourth-order valence-corrected chi connectivity index (χ4v) is 4.48. The minimum Gasteiger partial charge on any atom is -0.504 e. The Kier molecular flexibility index (Phi) is 44.9. The van der Waals surface area contributed by atoms with E-state index in [1.165, 1.54) is 141 Å². The fraction of sp³-hybridized carbons (Fsp3) is 0.816. The van der Waals surface area contributed by atoms with Gasteiger partial charge in [-0.3, -0.25) is 4.79 Å². The van der Waals surface area contributed by atoms with Crippen LogP contribution in [0, 0.1) is 0 Å². The second-order valence-corrected chi connectivity index (χ2v) is 11.3. The van der Waals surface area contributed by atoms with Gasteiger partial charge >= 0.3 is 0 Å². The number of carbonyl (C=O) groups excluding carboxylic acids is 1. The molecule has 1 aromatic carbocycles. The number of ether oxygens (including phenoxy) is 3. The zero-order valence-electron chi connectivity index (χ0n) is 30.3. The summed E-state index contributed by atoms with van der Waals surface area (Å²) < 4.78 is 14.9. The number of hydrogen-bond acceptors (Lipinski definition) is 7. The van der Waals surface area contributed by atoms with Crippen LogP contribution in [0.3, 0.4) is 0 Å². The third-order valence-corrected chi connectivity index (χ3v) is 7.17. The highest BCUT2D eigenvalue weighted by Crippen LogP contribution is 2.25. The minimum absolute atomic E-state index is 0.0370. The predicted octanol–water partition coefficient (Wildman–Crippen LogP) is 10.4. The first-order valence-electron chi connectivity index (χ1n) is 18.2. The second kappa shape index (κ2) is 42.3. The van der Waals surface area contributed by atoms with Gasteiger partial charge in [0.2, 0.25) is 0 Å². The van der Waals surface area contributed by atoms with E-state index in [1.807, 2.05) is 20.8 Å². The molecule has 0 radical (unpaired) electrons. The molecule has 0 heterocycles. The van der Waals surface area contributed by atoms with Crippen molar-refractivity contribution >= 4 is 6.29 Å². The molecule has 3 N–H and O–H groups in total. The predicted molar refractivity (Wildman–Crippen MR) is 191 cm³/mol. The van der Waals surface area contributed by atoms with Crippen molar-refractivity contribution in [3.05, 3.63) is 23.8 Å². The average Bonchev–Trinajstić information content (AvgIpc) is 3.05. The van der Waals surface area contributed by atoms with E-state index in [9.17, 15) is 4.79 Å². The minimum atomic E-state index is -0.0370. The molecule has 1 rings (SSSR count). The Morgan fingerprint density at radius 2 is 0.978 bits per heavy atom. The molecule has 0 amide bonds. The van der Waals surface area contributed by atoms with E-state index < -0.39 is 0 Å². The van der Waals surface area contributed by atoms with Gasteiger partial charge in [-0.25, -0.2) is 0 Å². The lowest BCUT2D eigenvalue weighted by Crippen LogP contribution is -2.11. The third kappa shape index (κ3) is 40.3. The maximum absolute atomic E-state index is 10.2. The maximum atomic E-state index is 10.2. The van der Waals surface area contributed by atoms with Crippen LogP contribution >= 0.6 is 0 Å². The Bertz CT molecular complexity index is 636. The number of benzene rings is 1. The number of phenolic OH excluding ortho intramolecular Hbond substituents is 1. The van der Waals surface area contributed by atoms with Gasteiger partial charge in [-0.05, 0) is 51.8 Å². The number of phenols is 1. The summed E-state index contributed by atoms with van der Waals surface area (Å²) in [5.74, 6) is 0.354. The molecule has 0 saturated carbocycles. The maximum Gasteiger partial charge on any atom is 0.161 e. The number of aliphatic hydroxyl groups is 2. The Morgan fingerprint density at radius 3 is 1.27 bits per heavy atom. The van der Waals surface area contributed by atoms with Crippen LogP contribution in [0.2, 0.25) is 0 Å². The van der Waals surface area contributed by atoms with Crippen LogP contribution in [0.5, 0.6) is 11.5 Å². The number of aldehydes is 1. The molecule has 7 nitrogen and oxygen atoms in total. The van der Waals surface area contributed by atoms with Gasteiger partial charge in [0.15, 0.2) is 17.8 Å². The molecule has 0 aromatic heterocycles. The standard InChI is InChI=1S/2C12H26O.C8H8O3.C6H14O2/c2*1-2-3-4-5-6-7-8-9-10-11-12-13;1-11-8-4-6(5-9)2-3-7(8)10;1-4-7-6(3)8-5-2/h2*13H,2-12H2,1H3;2-5,10H,1H3;6H,4-5H2,1-3H3. The first-order chi connectivity index (χ1) is 21.9. The van der Waals surface area contributed by atoms with Crippen molar-refractivity contribution in [1.29, 1.82) is 0 Å². The topological polar surface area (TPSA) is 105 Å². The lowest BCUT2D eigenvalue weighted by molar-refractivity contribution is -0.123. The van der Waals surface area contributed by atoms with Gasteiger partial charge in [0.1, 0.15) is 6.29 Å². The van der Waals surface area contributed by atoms with Crippen molar-refractivity contribution < 1.29 is 34.3 Å². The number of methoxy groups -OCH3 is 1. The molecule has 0 spiro atoms. The molecule has 0 aliphatic heterocycles. The summed E-state index contributed by atoms with van der Waals surface area (Å²) in [6.07, 6.45) is 27.3. The molecule has 0 aliphatic carbocycles. The largest absolute Gasteiger partial charge is 0.504 e. The zero-order chi connectivity index (χ0) is 34.2. The van der Waals surface area contributed by atoms with Gasteiger partial charge in [0.05, 0.1) is 7.11 Å². The van der Waals surface area contributed by atoms with E-state index in [1.54, 1.807) is 0 Å². The first kappa shape index (κ1) is 47.7. The summed E-state index contributed by atoms with van der Waals surface area (Å²) in [5.41, 5.74) is 0.486. The summed E-state index contributed by atoms with van der Waals surface area (Å²) in [7, 11) is 1.43. The number of unbranched alkanes of at least 4 members (excludes halogenated alkanes) is 18. The number of rotatable bonds is 26. The first-order valence-corrected chi connectivity index (χ1v) is 18.2. The molecule has 45 heavy (non-hydrogen) atoms. The van der Waals surface area contributed by atoms with Crippen LogP contribution < -0.4 is 4.74 Å². The van der Waals surface area contributed by atoms with E-state index in [-0.39, 0.29) is 12.0 Å². The zero-order valence-corrected chi connectivity index (χ0v) is 30.3. The number of hydrogen-bond donors (Lipinski definition) is 3. The van der Waals surface area contributed by atoms with Gasteiger partial charge in [-0.2, -0.15) is 0 Å². The number of aromatic hydroxyl groups is 1. The monoisotopic (exact) mass is 643 g/mol. The van der Waals surface area contributed by atoms with Crippen LogP contribution in [0.15, 0.2) is 18.2 Å². The highest BCUT2D eigenvalue weighted by molar-refractivity contribution is 5.76. The van der Waals surface area contributed by atoms with Gasteiger partial charge < -0.3 is 29.5 Å². The molecule has 268 valence electrons. The lowest BCUT2D eigenvalue weighted by Gasteiger charge is -2.09. The van der Waals surface area contributed by atoms with Crippen LogP contribution in [-0.4, -0.2) is 61.4 Å². The number of aliphatic hydroxyl groups excluding tert-OH is 2. The van der Waals surface area contributed by atoms with E-state index in [4.69, 9.17) is 29.5 Å². The summed E-state index contributed by atoms with van der Waals surface area (Å²) in [4.78, 5) is 10.2. The highest BCUT2D eigenvalue weighted by atomic mass is 16.7. The van der Waals surface area contributed by atoms with Gasteiger partial charge in [0, 0.05) is 32.0 Å². The third-order valence-electron chi connectivity index (χ3n) is 7.17. The SMILES string of the molecule is CCCCCCCCCCCCO.CCCCCCCCCCCCO.CCOC(C)OCC.COc1cc(C=O)ccc1O. The van der Waals surface area contributed by atoms with Gasteiger partial charge in [-0.1, -0.05) is 129 Å². The van der Waals surface area contributed by atoms with Crippen LogP contribution in [0.1, 0.15) is 173 Å². The summed E-state index contributed by atoms with van der Waals surface area (Å²) >= 11 is 0. The molecular weight excluding hydrogens is 568 g/mol. The van der Waals surface area contributed by atoms with Crippen LogP contribution in [0.4, 0.5) is 0 Å². The average molecular weight is 643 g/mol. The molecule has 7 heteroatoms.